The molecule has 6 aromatic rings. The number of ether oxygens (including phenoxy) is 1. The Bertz CT molecular complexity index is 1920. The molecular weight excluding hydrogens is 504 g/mol. The minimum Gasteiger partial charge on any atom is -0.478 e. The van der Waals surface area contributed by atoms with Gasteiger partial charge in [0.2, 0.25) is 0 Å². The Kier molecular flexibility index (Phi) is 5.18. The monoisotopic (exact) mass is 522 g/mol. The lowest BCUT2D eigenvalue weighted by Crippen LogP contribution is -2.15. The van der Waals surface area contributed by atoms with Crippen molar-refractivity contribution in [2.75, 3.05) is 0 Å². The molecule has 39 heavy (non-hydrogen) atoms. The van der Waals surface area contributed by atoms with E-state index in [9.17, 15) is 29.4 Å². The summed E-state index contributed by atoms with van der Waals surface area (Å²) in [7, 11) is 0. The summed E-state index contributed by atoms with van der Waals surface area (Å²) in [6.07, 6.45) is 0. The molecule has 0 fully saturated rings. The van der Waals surface area contributed by atoms with Crippen LogP contribution in [0.5, 0.6) is 0 Å². The fraction of sp³-hybridized carbons (Fsp3) is 0.0714. The van der Waals surface area contributed by atoms with Crippen molar-refractivity contribution in [1.82, 2.24) is 19.9 Å². The van der Waals surface area contributed by atoms with E-state index in [1.807, 2.05) is 0 Å². The highest BCUT2D eigenvalue weighted by atomic mass is 16.6. The SMILES string of the molecule is Cc1nc2cc(C(=O)OC(=O)c3cc4nc(C)[nH]c4c4cccc(C(=O)O)c34)c3c(C(=O)O)cccc3c2[nH]1. The maximum absolute atomic E-state index is 13.5. The van der Waals surface area contributed by atoms with E-state index in [-0.39, 0.29) is 33.0 Å². The Morgan fingerprint density at radius 3 is 1.46 bits per heavy atom. The average Bonchev–Trinajstić information content (AvgIpc) is 3.47. The van der Waals surface area contributed by atoms with Gasteiger partial charge < -0.3 is 24.9 Å². The van der Waals surface area contributed by atoms with Crippen LogP contribution in [0.25, 0.3) is 43.6 Å². The largest absolute Gasteiger partial charge is 0.478 e. The number of esters is 2. The molecule has 4 N–H and O–H groups in total. The summed E-state index contributed by atoms with van der Waals surface area (Å²) in [5.41, 5.74) is 1.17. The van der Waals surface area contributed by atoms with Gasteiger partial charge in [-0.15, -0.1) is 0 Å². The fourth-order valence-electron chi connectivity index (χ4n) is 5.03. The van der Waals surface area contributed by atoms with Gasteiger partial charge in [-0.1, -0.05) is 24.3 Å². The first kappa shape index (κ1) is 23.8. The highest BCUT2D eigenvalue weighted by Gasteiger charge is 2.26. The number of nitrogens with zero attached hydrogens (tertiary/aromatic N) is 2. The number of hydrogen-bond acceptors (Lipinski definition) is 7. The number of aromatic amines is 2. The molecule has 0 spiro atoms. The molecule has 0 aliphatic carbocycles. The van der Waals surface area contributed by atoms with Crippen molar-refractivity contribution >= 4 is 67.5 Å². The second kappa shape index (κ2) is 8.48. The van der Waals surface area contributed by atoms with E-state index < -0.39 is 23.9 Å². The maximum Gasteiger partial charge on any atom is 0.346 e. The van der Waals surface area contributed by atoms with Gasteiger partial charge in [0.1, 0.15) is 11.6 Å². The Morgan fingerprint density at radius 1 is 0.667 bits per heavy atom. The van der Waals surface area contributed by atoms with E-state index >= 15 is 0 Å². The molecule has 0 saturated heterocycles. The normalized spacial score (nSPS) is 11.4. The van der Waals surface area contributed by atoms with Gasteiger partial charge in [-0.3, -0.25) is 0 Å². The van der Waals surface area contributed by atoms with Crippen LogP contribution in [0.3, 0.4) is 0 Å². The second-order valence-electron chi connectivity index (χ2n) is 9.02. The van der Waals surface area contributed by atoms with E-state index in [4.69, 9.17) is 4.74 Å². The van der Waals surface area contributed by atoms with Crippen LogP contribution in [0.4, 0.5) is 0 Å². The third-order valence-corrected chi connectivity index (χ3v) is 6.55. The molecule has 192 valence electrons. The number of carboxylic acids is 2. The predicted octanol–water partition coefficient (Wildman–Crippen LogP) is 4.76. The first-order valence-electron chi connectivity index (χ1n) is 11.7. The smallest absolute Gasteiger partial charge is 0.346 e. The van der Waals surface area contributed by atoms with Gasteiger partial charge in [-0.25, -0.2) is 29.1 Å². The number of imidazole rings is 2. The van der Waals surface area contributed by atoms with Crippen molar-refractivity contribution in [1.29, 1.82) is 0 Å². The number of carbonyl (C=O) groups excluding carboxylic acids is 2. The molecule has 0 aliphatic rings. The number of hydrogen-bond donors (Lipinski definition) is 4. The highest BCUT2D eigenvalue weighted by Crippen LogP contribution is 2.33. The van der Waals surface area contributed by atoms with Gasteiger partial charge in [0.15, 0.2) is 0 Å². The minimum absolute atomic E-state index is 0.0772. The maximum atomic E-state index is 13.5. The number of rotatable bonds is 4. The first-order chi connectivity index (χ1) is 18.6. The van der Waals surface area contributed by atoms with Crippen LogP contribution in [0.1, 0.15) is 53.1 Å². The van der Waals surface area contributed by atoms with Crippen molar-refractivity contribution in [3.05, 3.63) is 82.4 Å². The molecule has 0 atom stereocenters. The van der Waals surface area contributed by atoms with Gasteiger partial charge in [-0.05, 0) is 38.1 Å². The summed E-state index contributed by atoms with van der Waals surface area (Å²) in [5.74, 6) is -3.67. The number of aryl methyl sites for hydroxylation is 2. The number of carbonyl (C=O) groups is 4. The zero-order valence-electron chi connectivity index (χ0n) is 20.4. The molecule has 2 heterocycles. The molecule has 4 aromatic carbocycles. The zero-order chi connectivity index (χ0) is 27.6. The third kappa shape index (κ3) is 3.67. The Hall–Kier alpha value is -5.58. The summed E-state index contributed by atoms with van der Waals surface area (Å²) >= 11 is 0. The van der Waals surface area contributed by atoms with Crippen molar-refractivity contribution < 1.29 is 34.1 Å². The summed E-state index contributed by atoms with van der Waals surface area (Å²) < 4.78 is 5.28. The lowest BCUT2D eigenvalue weighted by atomic mass is 9.97. The fourth-order valence-corrected chi connectivity index (χ4v) is 5.03. The van der Waals surface area contributed by atoms with E-state index in [0.29, 0.717) is 44.5 Å². The number of fused-ring (bicyclic) bond motifs is 6. The summed E-state index contributed by atoms with van der Waals surface area (Å²) in [4.78, 5) is 65.9. The van der Waals surface area contributed by atoms with Gasteiger partial charge in [-0.2, -0.15) is 0 Å². The van der Waals surface area contributed by atoms with Crippen molar-refractivity contribution in [3.8, 4) is 0 Å². The Morgan fingerprint density at radius 2 is 1.08 bits per heavy atom. The van der Waals surface area contributed by atoms with Crippen LogP contribution in [0.15, 0.2) is 48.5 Å². The topological polar surface area (TPSA) is 175 Å². The van der Waals surface area contributed by atoms with Gasteiger partial charge in [0.05, 0.1) is 44.3 Å². The number of aromatic carboxylic acids is 2. The van der Waals surface area contributed by atoms with Crippen molar-refractivity contribution in [2.24, 2.45) is 0 Å². The van der Waals surface area contributed by atoms with Crippen LogP contribution < -0.4 is 0 Å². The second-order valence-corrected chi connectivity index (χ2v) is 9.02. The standard InChI is InChI=1S/C28H18N4O7/c1-11-29-19-9-17(21-13(23(19)31-11)5-3-7-15(21)25(33)34)27(37)39-28(38)18-10-20-24(32-12(2)30-20)14-6-4-8-16(22(14)18)26(35)36/h3-10H,1-2H3,(H,29,31)(H,30,32)(H,33,34)(H,35,36). The van der Waals surface area contributed by atoms with Crippen molar-refractivity contribution in [2.45, 2.75) is 13.8 Å². The summed E-state index contributed by atoms with van der Waals surface area (Å²) in [6, 6.07) is 11.8. The number of benzene rings is 4. The molecular formula is C28H18N4O7. The summed E-state index contributed by atoms with van der Waals surface area (Å²) in [6.45, 7) is 3.43. The van der Waals surface area contributed by atoms with Gasteiger partial charge >= 0.3 is 23.9 Å². The van der Waals surface area contributed by atoms with E-state index in [1.54, 1.807) is 38.1 Å². The number of H-pyrrole nitrogens is 2. The van der Waals surface area contributed by atoms with Crippen LogP contribution in [0, 0.1) is 13.8 Å². The molecule has 0 amide bonds. The molecule has 0 radical (unpaired) electrons. The molecule has 0 unspecified atom stereocenters. The molecule has 11 heteroatoms. The van der Waals surface area contributed by atoms with Crippen LogP contribution in [-0.2, 0) is 4.74 Å². The number of carboxylic acid groups (broad SMARTS) is 2. The van der Waals surface area contributed by atoms with Gasteiger partial charge in [0.25, 0.3) is 0 Å². The van der Waals surface area contributed by atoms with E-state index in [0.717, 1.165) is 0 Å². The third-order valence-electron chi connectivity index (χ3n) is 6.55. The first-order valence-corrected chi connectivity index (χ1v) is 11.7. The van der Waals surface area contributed by atoms with Crippen LogP contribution in [0.2, 0.25) is 0 Å². The quantitative estimate of drug-likeness (QED) is 0.188. The predicted molar refractivity (Wildman–Crippen MR) is 140 cm³/mol. The zero-order valence-corrected chi connectivity index (χ0v) is 20.4. The molecule has 11 nitrogen and oxygen atoms in total. The Labute approximate surface area is 218 Å². The lowest BCUT2D eigenvalue weighted by molar-refractivity contribution is 0.0400. The van der Waals surface area contributed by atoms with Crippen molar-refractivity contribution in [3.63, 3.8) is 0 Å². The highest BCUT2D eigenvalue weighted by molar-refractivity contribution is 6.24. The van der Waals surface area contributed by atoms with Crippen LogP contribution >= 0.6 is 0 Å². The average molecular weight is 522 g/mol. The molecule has 0 aliphatic heterocycles. The number of nitrogens with one attached hydrogen (secondary N) is 2. The molecule has 2 aromatic heterocycles. The lowest BCUT2D eigenvalue weighted by Gasteiger charge is -2.12. The van der Waals surface area contributed by atoms with Gasteiger partial charge in [0, 0.05) is 21.5 Å². The number of aromatic nitrogens is 4. The Balaban J connectivity index is 1.54. The molecule has 0 bridgehead atoms. The summed E-state index contributed by atoms with van der Waals surface area (Å²) in [5, 5.41) is 20.6. The van der Waals surface area contributed by atoms with E-state index in [2.05, 4.69) is 19.9 Å². The minimum atomic E-state index is -1.27. The molecule has 6 rings (SSSR count). The molecule has 0 saturated carbocycles. The van der Waals surface area contributed by atoms with Crippen LogP contribution in [-0.4, -0.2) is 54.0 Å². The van der Waals surface area contributed by atoms with E-state index in [1.165, 1.54) is 24.3 Å².